The molecule has 1 amide bonds. The first-order chi connectivity index (χ1) is 9.72. The average molecular weight is 264 g/mol. The van der Waals surface area contributed by atoms with E-state index in [0.717, 1.165) is 6.42 Å². The summed E-state index contributed by atoms with van der Waals surface area (Å²) in [5.74, 6) is -0.419. The SMILES string of the molecule is CCCC1=NN(c2ccccc2)C(=O)C1=C(C#N)C#N. The lowest BCUT2D eigenvalue weighted by Gasteiger charge is -2.10. The summed E-state index contributed by atoms with van der Waals surface area (Å²) in [6, 6.07) is 12.5. The average Bonchev–Trinajstić information content (AvgIpc) is 2.80. The summed E-state index contributed by atoms with van der Waals surface area (Å²) in [5, 5.41) is 23.5. The van der Waals surface area contributed by atoms with Crippen LogP contribution in [0.1, 0.15) is 19.8 Å². The summed E-state index contributed by atoms with van der Waals surface area (Å²) in [4.78, 5) is 12.4. The van der Waals surface area contributed by atoms with E-state index in [4.69, 9.17) is 10.5 Å². The molecular weight excluding hydrogens is 252 g/mol. The van der Waals surface area contributed by atoms with Gasteiger partial charge in [-0.2, -0.15) is 20.6 Å². The molecule has 1 aromatic rings. The molecule has 0 fully saturated rings. The highest BCUT2D eigenvalue weighted by Crippen LogP contribution is 2.26. The van der Waals surface area contributed by atoms with Crippen LogP contribution in [0.5, 0.6) is 0 Å². The molecule has 5 heteroatoms. The van der Waals surface area contributed by atoms with E-state index in [-0.39, 0.29) is 11.1 Å². The van der Waals surface area contributed by atoms with Crippen molar-refractivity contribution in [3.8, 4) is 12.1 Å². The normalized spacial score (nSPS) is 13.8. The van der Waals surface area contributed by atoms with E-state index >= 15 is 0 Å². The van der Waals surface area contributed by atoms with Crippen LogP contribution < -0.4 is 5.01 Å². The summed E-state index contributed by atoms with van der Waals surface area (Å²) in [6.45, 7) is 1.95. The Labute approximate surface area is 117 Å². The number of allylic oxidation sites excluding steroid dienone is 1. The van der Waals surface area contributed by atoms with Crippen LogP contribution in [0.25, 0.3) is 0 Å². The fraction of sp³-hybridized carbons (Fsp3) is 0.200. The van der Waals surface area contributed by atoms with Gasteiger partial charge in [0.15, 0.2) is 0 Å². The van der Waals surface area contributed by atoms with Crippen LogP contribution in [0.15, 0.2) is 46.6 Å². The number of para-hydroxylation sites is 1. The van der Waals surface area contributed by atoms with Crippen LogP contribution in [0.4, 0.5) is 5.69 Å². The number of hydrazone groups is 1. The molecule has 0 aliphatic carbocycles. The molecule has 0 atom stereocenters. The van der Waals surface area contributed by atoms with Gasteiger partial charge >= 0.3 is 0 Å². The zero-order chi connectivity index (χ0) is 14.5. The molecule has 1 aliphatic heterocycles. The highest BCUT2D eigenvalue weighted by molar-refractivity contribution is 6.31. The first kappa shape index (κ1) is 13.5. The van der Waals surface area contributed by atoms with E-state index in [1.807, 2.05) is 13.0 Å². The minimum Gasteiger partial charge on any atom is -0.267 e. The van der Waals surface area contributed by atoms with Crippen LogP contribution in [0, 0.1) is 22.7 Å². The lowest BCUT2D eigenvalue weighted by atomic mass is 10.0. The molecule has 1 aliphatic rings. The lowest BCUT2D eigenvalue weighted by Crippen LogP contribution is -2.22. The van der Waals surface area contributed by atoms with Gasteiger partial charge in [-0.1, -0.05) is 31.5 Å². The molecule has 0 aromatic heterocycles. The summed E-state index contributed by atoms with van der Waals surface area (Å²) in [6.07, 6.45) is 1.33. The maximum absolute atomic E-state index is 12.4. The van der Waals surface area contributed by atoms with Gasteiger partial charge in [0.1, 0.15) is 17.7 Å². The lowest BCUT2D eigenvalue weighted by molar-refractivity contribution is -0.114. The highest BCUT2D eigenvalue weighted by atomic mass is 16.2. The number of nitriles is 2. The number of hydrogen-bond donors (Lipinski definition) is 0. The molecule has 0 saturated heterocycles. The number of rotatable bonds is 3. The van der Waals surface area contributed by atoms with Crippen LogP contribution >= 0.6 is 0 Å². The van der Waals surface area contributed by atoms with Crippen molar-refractivity contribution in [3.63, 3.8) is 0 Å². The smallest absolute Gasteiger partial charge is 0.267 e. The minimum absolute atomic E-state index is 0.126. The van der Waals surface area contributed by atoms with Gasteiger partial charge in [-0.05, 0) is 18.6 Å². The highest BCUT2D eigenvalue weighted by Gasteiger charge is 2.33. The van der Waals surface area contributed by atoms with Gasteiger partial charge in [0.05, 0.1) is 17.0 Å². The number of hydrogen-bond acceptors (Lipinski definition) is 4. The fourth-order valence-corrected chi connectivity index (χ4v) is 1.99. The van der Waals surface area contributed by atoms with Gasteiger partial charge in [-0.3, -0.25) is 4.79 Å². The molecule has 20 heavy (non-hydrogen) atoms. The van der Waals surface area contributed by atoms with E-state index in [2.05, 4.69) is 5.10 Å². The molecular formula is C15H12N4O. The Balaban J connectivity index is 2.52. The van der Waals surface area contributed by atoms with Gasteiger partial charge in [0.25, 0.3) is 5.91 Å². The number of benzene rings is 1. The van der Waals surface area contributed by atoms with Crippen molar-refractivity contribution in [3.05, 3.63) is 41.5 Å². The van der Waals surface area contributed by atoms with Gasteiger partial charge in [0, 0.05) is 0 Å². The van der Waals surface area contributed by atoms with Crippen molar-refractivity contribution >= 4 is 17.3 Å². The van der Waals surface area contributed by atoms with Crippen molar-refractivity contribution in [2.24, 2.45) is 5.10 Å². The summed E-state index contributed by atoms with van der Waals surface area (Å²) < 4.78 is 0. The molecule has 0 radical (unpaired) electrons. The summed E-state index contributed by atoms with van der Waals surface area (Å²) in [5.41, 5.74) is 1.07. The largest absolute Gasteiger partial charge is 0.282 e. The maximum atomic E-state index is 12.4. The van der Waals surface area contributed by atoms with E-state index in [9.17, 15) is 4.79 Å². The summed E-state index contributed by atoms with van der Waals surface area (Å²) >= 11 is 0. The molecule has 0 unspecified atom stereocenters. The Bertz CT molecular complexity index is 658. The van der Waals surface area contributed by atoms with E-state index in [1.165, 1.54) is 5.01 Å². The molecule has 1 heterocycles. The summed E-state index contributed by atoms with van der Waals surface area (Å²) in [7, 11) is 0. The van der Waals surface area contributed by atoms with Crippen molar-refractivity contribution in [1.29, 1.82) is 10.5 Å². The first-order valence-corrected chi connectivity index (χ1v) is 6.24. The monoisotopic (exact) mass is 264 g/mol. The number of amides is 1. The molecule has 5 nitrogen and oxygen atoms in total. The second kappa shape index (κ2) is 5.81. The third-order valence-corrected chi connectivity index (χ3v) is 2.88. The molecule has 2 rings (SSSR count). The van der Waals surface area contributed by atoms with Crippen LogP contribution in [0.3, 0.4) is 0 Å². The fourth-order valence-electron chi connectivity index (χ4n) is 1.99. The first-order valence-electron chi connectivity index (χ1n) is 6.24. The zero-order valence-electron chi connectivity index (χ0n) is 11.0. The van der Waals surface area contributed by atoms with E-state index < -0.39 is 5.91 Å². The predicted molar refractivity (Wildman–Crippen MR) is 74.5 cm³/mol. The Hall–Kier alpha value is -2.92. The zero-order valence-corrected chi connectivity index (χ0v) is 11.0. The van der Waals surface area contributed by atoms with Crippen molar-refractivity contribution < 1.29 is 4.79 Å². The Kier molecular flexibility index (Phi) is 3.93. The van der Waals surface area contributed by atoms with Gasteiger partial charge in [0.2, 0.25) is 0 Å². The third-order valence-electron chi connectivity index (χ3n) is 2.88. The number of nitrogens with zero attached hydrogens (tertiary/aromatic N) is 4. The second-order valence-electron chi connectivity index (χ2n) is 4.22. The quantitative estimate of drug-likeness (QED) is 0.621. The number of carbonyl (C=O) groups excluding carboxylic acids is 1. The van der Waals surface area contributed by atoms with E-state index in [1.54, 1.807) is 36.4 Å². The van der Waals surface area contributed by atoms with Crippen LogP contribution in [0.2, 0.25) is 0 Å². The van der Waals surface area contributed by atoms with Crippen molar-refractivity contribution in [1.82, 2.24) is 0 Å². The standard InChI is InChI=1S/C15H12N4O/c1-2-6-13-14(11(9-16)10-17)15(20)19(18-13)12-7-4-3-5-8-12/h3-5,7-8H,2,6H2,1H3. The molecule has 98 valence electrons. The molecule has 0 saturated carbocycles. The van der Waals surface area contributed by atoms with Gasteiger partial charge < -0.3 is 0 Å². The second-order valence-corrected chi connectivity index (χ2v) is 4.22. The van der Waals surface area contributed by atoms with Crippen LogP contribution in [-0.2, 0) is 4.79 Å². The Morgan fingerprint density at radius 1 is 1.25 bits per heavy atom. The Morgan fingerprint density at radius 3 is 2.45 bits per heavy atom. The molecule has 0 spiro atoms. The number of carbonyl (C=O) groups is 1. The van der Waals surface area contributed by atoms with E-state index in [0.29, 0.717) is 17.8 Å². The van der Waals surface area contributed by atoms with Crippen LogP contribution in [-0.4, -0.2) is 11.6 Å². The topological polar surface area (TPSA) is 80.2 Å². The van der Waals surface area contributed by atoms with Gasteiger partial charge in [-0.25, -0.2) is 0 Å². The Morgan fingerprint density at radius 2 is 1.90 bits per heavy atom. The molecule has 0 N–H and O–H groups in total. The minimum atomic E-state index is -0.419. The molecule has 0 bridgehead atoms. The number of anilines is 1. The van der Waals surface area contributed by atoms with Crippen molar-refractivity contribution in [2.75, 3.05) is 5.01 Å². The maximum Gasteiger partial charge on any atom is 0.282 e. The molecule has 1 aromatic carbocycles. The van der Waals surface area contributed by atoms with Gasteiger partial charge in [-0.15, -0.1) is 0 Å². The third kappa shape index (κ3) is 2.30. The van der Waals surface area contributed by atoms with Crippen molar-refractivity contribution in [2.45, 2.75) is 19.8 Å². The predicted octanol–water partition coefficient (Wildman–Crippen LogP) is 2.53.